The molecular weight excluding hydrogens is 294 g/mol. The maximum atomic E-state index is 6.38. The lowest BCUT2D eigenvalue weighted by Crippen LogP contribution is -2.46. The molecule has 0 saturated carbocycles. The van der Waals surface area contributed by atoms with Crippen LogP contribution in [0.2, 0.25) is 0 Å². The van der Waals surface area contributed by atoms with Crippen molar-refractivity contribution in [1.82, 2.24) is 5.01 Å². The van der Waals surface area contributed by atoms with Crippen LogP contribution in [0, 0.1) is 5.92 Å². The van der Waals surface area contributed by atoms with Crippen molar-refractivity contribution >= 4 is 17.6 Å². The van der Waals surface area contributed by atoms with Gasteiger partial charge in [0.2, 0.25) is 0 Å². The molecular formula is C17H21N3OS. The summed E-state index contributed by atoms with van der Waals surface area (Å²) in [5.41, 5.74) is 2.09. The molecule has 2 aliphatic heterocycles. The van der Waals surface area contributed by atoms with Gasteiger partial charge in [0.25, 0.3) is 0 Å². The zero-order valence-electron chi connectivity index (χ0n) is 13.1. The van der Waals surface area contributed by atoms with Gasteiger partial charge in [-0.2, -0.15) is 0 Å². The second kappa shape index (κ2) is 6.18. The van der Waals surface area contributed by atoms with Crippen molar-refractivity contribution in [3.63, 3.8) is 0 Å². The Kier molecular flexibility index (Phi) is 4.27. The SMILES string of the molecule is CCOc1ccccc1C1=NC=C2C=C(C(C)C)SC2N1N. The van der Waals surface area contributed by atoms with E-state index in [1.807, 2.05) is 37.4 Å². The van der Waals surface area contributed by atoms with E-state index >= 15 is 0 Å². The first-order valence-corrected chi connectivity index (χ1v) is 8.42. The topological polar surface area (TPSA) is 50.8 Å². The Bertz CT molecular complexity index is 664. The molecule has 0 bridgehead atoms. The average Bonchev–Trinajstić information content (AvgIpc) is 2.94. The highest BCUT2D eigenvalue weighted by molar-refractivity contribution is 8.04. The highest BCUT2D eigenvalue weighted by Crippen LogP contribution is 2.43. The molecule has 0 spiro atoms. The summed E-state index contributed by atoms with van der Waals surface area (Å²) in [5.74, 6) is 8.45. The molecule has 2 heterocycles. The highest BCUT2D eigenvalue weighted by Gasteiger charge is 2.33. The molecule has 0 radical (unpaired) electrons. The largest absolute Gasteiger partial charge is 0.493 e. The molecule has 1 unspecified atom stereocenters. The van der Waals surface area contributed by atoms with Gasteiger partial charge in [0.1, 0.15) is 11.1 Å². The Labute approximate surface area is 135 Å². The molecule has 1 atom stereocenters. The summed E-state index contributed by atoms with van der Waals surface area (Å²) in [6.07, 6.45) is 4.13. The van der Waals surface area contributed by atoms with E-state index < -0.39 is 0 Å². The maximum absolute atomic E-state index is 6.38. The van der Waals surface area contributed by atoms with Gasteiger partial charge in [-0.25, -0.2) is 10.8 Å². The first-order chi connectivity index (χ1) is 10.6. The number of benzene rings is 1. The van der Waals surface area contributed by atoms with Gasteiger partial charge in [-0.1, -0.05) is 37.7 Å². The van der Waals surface area contributed by atoms with E-state index in [9.17, 15) is 0 Å². The summed E-state index contributed by atoms with van der Waals surface area (Å²) in [6.45, 7) is 6.99. The number of ether oxygens (including phenoxy) is 1. The minimum atomic E-state index is 0.0968. The smallest absolute Gasteiger partial charge is 0.154 e. The second-order valence-corrected chi connectivity index (χ2v) is 6.74. The van der Waals surface area contributed by atoms with Crippen molar-refractivity contribution in [3.8, 4) is 5.75 Å². The van der Waals surface area contributed by atoms with Crippen LogP contribution in [-0.2, 0) is 0 Å². The van der Waals surface area contributed by atoms with E-state index in [4.69, 9.17) is 10.6 Å². The number of para-hydroxylation sites is 1. The predicted octanol–water partition coefficient (Wildman–Crippen LogP) is 3.52. The number of nitrogens with zero attached hydrogens (tertiary/aromatic N) is 2. The van der Waals surface area contributed by atoms with Crippen molar-refractivity contribution in [2.45, 2.75) is 26.1 Å². The van der Waals surface area contributed by atoms with Gasteiger partial charge in [-0.05, 0) is 36.0 Å². The number of rotatable bonds is 4. The molecule has 0 aromatic heterocycles. The van der Waals surface area contributed by atoms with E-state index in [2.05, 4.69) is 24.9 Å². The Morgan fingerprint density at radius 3 is 2.86 bits per heavy atom. The number of amidine groups is 1. The number of fused-ring (bicyclic) bond motifs is 1. The number of allylic oxidation sites excluding steroid dienone is 1. The van der Waals surface area contributed by atoms with E-state index in [1.54, 1.807) is 16.8 Å². The van der Waals surface area contributed by atoms with E-state index in [0.29, 0.717) is 12.5 Å². The van der Waals surface area contributed by atoms with E-state index in [1.165, 1.54) is 4.91 Å². The van der Waals surface area contributed by atoms with Crippen LogP contribution in [0.4, 0.5) is 0 Å². The molecule has 2 aliphatic rings. The van der Waals surface area contributed by atoms with Gasteiger partial charge in [0, 0.05) is 11.8 Å². The monoisotopic (exact) mass is 315 g/mol. The molecule has 4 nitrogen and oxygen atoms in total. The van der Waals surface area contributed by atoms with Crippen molar-refractivity contribution in [2.24, 2.45) is 16.8 Å². The van der Waals surface area contributed by atoms with Crippen LogP contribution >= 0.6 is 11.8 Å². The summed E-state index contributed by atoms with van der Waals surface area (Å²) in [4.78, 5) is 5.93. The van der Waals surface area contributed by atoms with Crippen molar-refractivity contribution in [2.75, 3.05) is 6.61 Å². The zero-order valence-corrected chi connectivity index (χ0v) is 13.9. The molecule has 0 aliphatic carbocycles. The molecule has 3 rings (SSSR count). The van der Waals surface area contributed by atoms with Crippen molar-refractivity contribution in [3.05, 3.63) is 52.6 Å². The third kappa shape index (κ3) is 2.66. The summed E-state index contributed by atoms with van der Waals surface area (Å²) in [5, 5.41) is 1.85. The van der Waals surface area contributed by atoms with Gasteiger partial charge in [-0.3, -0.25) is 5.01 Å². The summed E-state index contributed by atoms with van der Waals surface area (Å²) >= 11 is 1.80. The first-order valence-electron chi connectivity index (χ1n) is 7.54. The lowest BCUT2D eigenvalue weighted by molar-refractivity contribution is 0.338. The van der Waals surface area contributed by atoms with Gasteiger partial charge >= 0.3 is 0 Å². The zero-order chi connectivity index (χ0) is 15.7. The fourth-order valence-corrected chi connectivity index (χ4v) is 3.75. The number of hydrazine groups is 1. The van der Waals surface area contributed by atoms with Crippen LogP contribution in [0.5, 0.6) is 5.75 Å². The first kappa shape index (κ1) is 15.2. The number of aliphatic imine (C=N–C) groups is 1. The molecule has 0 fully saturated rings. The molecule has 1 aromatic rings. The number of nitrogens with two attached hydrogens (primary N) is 1. The Hall–Kier alpha value is -1.72. The van der Waals surface area contributed by atoms with Gasteiger partial charge in [0.15, 0.2) is 5.84 Å². The molecule has 5 heteroatoms. The standard InChI is InChI=1S/C17H21N3OS/c1-4-21-14-8-6-5-7-13(14)16-19-10-12-9-15(11(2)3)22-17(12)20(16)18/h5-11,17H,4,18H2,1-3H3. The fraction of sp³-hybridized carbons (Fsp3) is 0.353. The number of hydrogen-bond donors (Lipinski definition) is 1. The molecule has 116 valence electrons. The lowest BCUT2D eigenvalue weighted by Gasteiger charge is -2.31. The number of thioether (sulfide) groups is 1. The van der Waals surface area contributed by atoms with Crippen LogP contribution < -0.4 is 10.6 Å². The van der Waals surface area contributed by atoms with Crippen LogP contribution in [0.3, 0.4) is 0 Å². The number of hydrogen-bond acceptors (Lipinski definition) is 5. The van der Waals surface area contributed by atoms with E-state index in [0.717, 1.165) is 22.7 Å². The van der Waals surface area contributed by atoms with Crippen LogP contribution in [0.15, 0.2) is 52.0 Å². The third-order valence-electron chi connectivity index (χ3n) is 3.67. The second-order valence-electron chi connectivity index (χ2n) is 5.59. The van der Waals surface area contributed by atoms with E-state index in [-0.39, 0.29) is 5.37 Å². The fourth-order valence-electron chi connectivity index (χ4n) is 2.54. The third-order valence-corrected chi connectivity index (χ3v) is 5.26. The Morgan fingerprint density at radius 1 is 1.36 bits per heavy atom. The minimum Gasteiger partial charge on any atom is -0.493 e. The normalized spacial score (nSPS) is 20.5. The average molecular weight is 315 g/mol. The van der Waals surface area contributed by atoms with Crippen LogP contribution in [-0.4, -0.2) is 22.8 Å². The predicted molar refractivity (Wildman–Crippen MR) is 92.6 cm³/mol. The molecule has 2 N–H and O–H groups in total. The van der Waals surface area contributed by atoms with Crippen LogP contribution in [0.1, 0.15) is 26.3 Å². The van der Waals surface area contributed by atoms with Gasteiger partial charge in [0.05, 0.1) is 12.2 Å². The van der Waals surface area contributed by atoms with Crippen molar-refractivity contribution < 1.29 is 4.74 Å². The Morgan fingerprint density at radius 2 is 2.14 bits per heavy atom. The summed E-state index contributed by atoms with van der Waals surface area (Å²) in [7, 11) is 0. The Balaban J connectivity index is 1.95. The molecule has 0 saturated heterocycles. The summed E-state index contributed by atoms with van der Waals surface area (Å²) < 4.78 is 5.71. The van der Waals surface area contributed by atoms with Gasteiger partial charge in [-0.15, -0.1) is 0 Å². The van der Waals surface area contributed by atoms with Crippen LogP contribution in [0.25, 0.3) is 0 Å². The molecule has 1 aromatic carbocycles. The molecule has 0 amide bonds. The van der Waals surface area contributed by atoms with Gasteiger partial charge < -0.3 is 4.74 Å². The lowest BCUT2D eigenvalue weighted by atomic mass is 10.1. The maximum Gasteiger partial charge on any atom is 0.154 e. The molecule has 22 heavy (non-hydrogen) atoms. The minimum absolute atomic E-state index is 0.0968. The quantitative estimate of drug-likeness (QED) is 0.864. The van der Waals surface area contributed by atoms with Crippen molar-refractivity contribution in [1.29, 1.82) is 0 Å². The highest BCUT2D eigenvalue weighted by atomic mass is 32.2. The summed E-state index contributed by atoms with van der Waals surface area (Å²) in [6, 6.07) is 7.89.